The molecule has 0 radical (unpaired) electrons. The first-order valence-corrected chi connectivity index (χ1v) is 3.43. The summed E-state index contributed by atoms with van der Waals surface area (Å²) in [6.07, 6.45) is 0. The fourth-order valence-corrected chi connectivity index (χ4v) is 0.969. The highest BCUT2D eigenvalue weighted by Crippen LogP contribution is 2.20. The van der Waals surface area contributed by atoms with Gasteiger partial charge in [0.1, 0.15) is 17.6 Å². The average Bonchev–Trinajstić information content (AvgIpc) is 2.08. The molecule has 1 rings (SSSR count). The Hall–Kier alpha value is -1.56. The van der Waals surface area contributed by atoms with Gasteiger partial charge in [0.25, 0.3) is 0 Å². The van der Waals surface area contributed by atoms with E-state index in [1.807, 2.05) is 0 Å². The number of nitriles is 1. The van der Waals surface area contributed by atoms with Crippen molar-refractivity contribution in [1.29, 1.82) is 5.26 Å². The largest absolute Gasteiger partial charge is 0.496 e. The van der Waals surface area contributed by atoms with Crippen molar-refractivity contribution in [3.8, 4) is 11.8 Å². The summed E-state index contributed by atoms with van der Waals surface area (Å²) < 4.78 is 17.8. The second-order valence-corrected chi connectivity index (χ2v) is 2.41. The monoisotopic (exact) mass is 165 g/mol. The van der Waals surface area contributed by atoms with Crippen LogP contribution in [0.1, 0.15) is 11.1 Å². The Morgan fingerprint density at radius 3 is 2.67 bits per heavy atom. The first-order chi connectivity index (χ1) is 5.69. The summed E-state index contributed by atoms with van der Waals surface area (Å²) in [7, 11) is 1.47. The van der Waals surface area contributed by atoms with Gasteiger partial charge in [-0.05, 0) is 18.6 Å². The molecule has 0 fully saturated rings. The van der Waals surface area contributed by atoms with Crippen LogP contribution in [0.2, 0.25) is 0 Å². The fourth-order valence-electron chi connectivity index (χ4n) is 0.969. The number of ether oxygens (including phenoxy) is 1. The van der Waals surface area contributed by atoms with E-state index in [1.54, 1.807) is 13.0 Å². The minimum Gasteiger partial charge on any atom is -0.496 e. The maximum atomic E-state index is 12.9. The molecule has 0 aliphatic rings. The van der Waals surface area contributed by atoms with Gasteiger partial charge in [-0.3, -0.25) is 0 Å². The summed E-state index contributed by atoms with van der Waals surface area (Å²) in [5, 5.41) is 8.48. The number of hydrogen-bond donors (Lipinski definition) is 0. The normalized spacial score (nSPS) is 9.17. The second kappa shape index (κ2) is 3.22. The minimum absolute atomic E-state index is 0.0494. The molecule has 0 atom stereocenters. The Balaban J connectivity index is 3.28. The smallest absolute Gasteiger partial charge is 0.144 e. The second-order valence-electron chi connectivity index (χ2n) is 2.41. The van der Waals surface area contributed by atoms with E-state index in [2.05, 4.69) is 0 Å². The van der Waals surface area contributed by atoms with Crippen LogP contribution in [0, 0.1) is 24.1 Å². The highest BCUT2D eigenvalue weighted by Gasteiger charge is 2.05. The van der Waals surface area contributed by atoms with E-state index in [4.69, 9.17) is 10.00 Å². The first-order valence-electron chi connectivity index (χ1n) is 3.43. The third-order valence-corrected chi connectivity index (χ3v) is 1.60. The van der Waals surface area contributed by atoms with Gasteiger partial charge in [0.2, 0.25) is 0 Å². The molecule has 62 valence electrons. The predicted octanol–water partition coefficient (Wildman–Crippen LogP) is 2.01. The van der Waals surface area contributed by atoms with Gasteiger partial charge >= 0.3 is 0 Å². The zero-order valence-electron chi connectivity index (χ0n) is 6.89. The summed E-state index contributed by atoms with van der Waals surface area (Å²) in [6, 6.07) is 4.44. The summed E-state index contributed by atoms with van der Waals surface area (Å²) in [5.74, 6) is -0.0774. The zero-order chi connectivity index (χ0) is 9.14. The summed E-state index contributed by atoms with van der Waals surface area (Å²) in [4.78, 5) is 0. The highest BCUT2D eigenvalue weighted by molar-refractivity contribution is 5.42. The van der Waals surface area contributed by atoms with Gasteiger partial charge in [-0.2, -0.15) is 5.26 Å². The molecule has 0 amide bonds. The molecule has 1 aromatic carbocycles. The van der Waals surface area contributed by atoms with Crippen LogP contribution in [-0.4, -0.2) is 7.11 Å². The van der Waals surface area contributed by atoms with Crippen molar-refractivity contribution >= 4 is 0 Å². The number of halogens is 1. The van der Waals surface area contributed by atoms with E-state index < -0.39 is 5.82 Å². The Morgan fingerprint density at radius 2 is 2.17 bits per heavy atom. The van der Waals surface area contributed by atoms with E-state index in [-0.39, 0.29) is 5.56 Å². The predicted molar refractivity (Wildman–Crippen MR) is 42.4 cm³/mol. The van der Waals surface area contributed by atoms with Crippen molar-refractivity contribution in [3.05, 3.63) is 29.1 Å². The van der Waals surface area contributed by atoms with Crippen LogP contribution in [0.15, 0.2) is 12.1 Å². The number of methoxy groups -OCH3 is 1. The fraction of sp³-hybridized carbons (Fsp3) is 0.222. The van der Waals surface area contributed by atoms with E-state index in [0.717, 1.165) is 5.56 Å². The van der Waals surface area contributed by atoms with Gasteiger partial charge in [-0.15, -0.1) is 0 Å². The summed E-state index contributed by atoms with van der Waals surface area (Å²) in [5.41, 5.74) is 0.809. The van der Waals surface area contributed by atoms with Crippen LogP contribution < -0.4 is 4.74 Å². The maximum absolute atomic E-state index is 12.9. The average molecular weight is 165 g/mol. The quantitative estimate of drug-likeness (QED) is 0.637. The molecule has 0 aromatic heterocycles. The molecule has 2 nitrogen and oxygen atoms in total. The number of rotatable bonds is 1. The lowest BCUT2D eigenvalue weighted by Gasteiger charge is -2.04. The molecular formula is C9H8FNO. The minimum atomic E-state index is -0.542. The number of hydrogen-bond acceptors (Lipinski definition) is 2. The number of nitrogens with zero attached hydrogens (tertiary/aromatic N) is 1. The Morgan fingerprint density at radius 1 is 1.50 bits per heavy atom. The van der Waals surface area contributed by atoms with Gasteiger partial charge in [-0.25, -0.2) is 4.39 Å². The SMILES string of the molecule is COc1cc(F)c(C#N)cc1C. The standard InChI is InChI=1S/C9H8FNO/c1-6-3-7(5-11)8(10)4-9(6)12-2/h3-4H,1-2H3. The van der Waals surface area contributed by atoms with Crippen LogP contribution in [0.3, 0.4) is 0 Å². The van der Waals surface area contributed by atoms with Gasteiger partial charge in [-0.1, -0.05) is 0 Å². The number of benzene rings is 1. The lowest BCUT2D eigenvalue weighted by molar-refractivity contribution is 0.408. The molecule has 12 heavy (non-hydrogen) atoms. The molecule has 0 saturated heterocycles. The molecule has 0 heterocycles. The van der Waals surface area contributed by atoms with Crippen molar-refractivity contribution in [2.45, 2.75) is 6.92 Å². The third-order valence-electron chi connectivity index (χ3n) is 1.60. The van der Waals surface area contributed by atoms with Crippen LogP contribution in [0.25, 0.3) is 0 Å². The van der Waals surface area contributed by atoms with Gasteiger partial charge in [0, 0.05) is 6.07 Å². The molecule has 0 N–H and O–H groups in total. The Labute approximate surface area is 70.2 Å². The lowest BCUT2D eigenvalue weighted by Crippen LogP contribution is -1.91. The Bertz CT molecular complexity index is 340. The van der Waals surface area contributed by atoms with Crippen molar-refractivity contribution in [3.63, 3.8) is 0 Å². The molecule has 0 saturated carbocycles. The van der Waals surface area contributed by atoms with Gasteiger partial charge < -0.3 is 4.74 Å². The van der Waals surface area contributed by atoms with Crippen molar-refractivity contribution in [2.75, 3.05) is 7.11 Å². The molecule has 0 aliphatic carbocycles. The van der Waals surface area contributed by atoms with Crippen molar-refractivity contribution in [1.82, 2.24) is 0 Å². The van der Waals surface area contributed by atoms with Crippen molar-refractivity contribution in [2.24, 2.45) is 0 Å². The number of aryl methyl sites for hydroxylation is 1. The van der Waals surface area contributed by atoms with Crippen LogP contribution in [0.5, 0.6) is 5.75 Å². The highest BCUT2D eigenvalue weighted by atomic mass is 19.1. The topological polar surface area (TPSA) is 33.0 Å². The van der Waals surface area contributed by atoms with Crippen LogP contribution in [0.4, 0.5) is 4.39 Å². The molecule has 3 heteroatoms. The van der Waals surface area contributed by atoms with Crippen molar-refractivity contribution < 1.29 is 9.13 Å². The van der Waals surface area contributed by atoms with Gasteiger partial charge in [0.15, 0.2) is 0 Å². The molecular weight excluding hydrogens is 157 g/mol. The zero-order valence-corrected chi connectivity index (χ0v) is 6.89. The molecule has 0 unspecified atom stereocenters. The summed E-state index contributed by atoms with van der Waals surface area (Å²) in [6.45, 7) is 1.76. The van der Waals surface area contributed by atoms with E-state index >= 15 is 0 Å². The third kappa shape index (κ3) is 1.37. The molecule has 0 aliphatic heterocycles. The summed E-state index contributed by atoms with van der Waals surface area (Å²) >= 11 is 0. The first kappa shape index (κ1) is 8.54. The van der Waals surface area contributed by atoms with Crippen LogP contribution in [-0.2, 0) is 0 Å². The Kier molecular flexibility index (Phi) is 2.29. The lowest BCUT2D eigenvalue weighted by atomic mass is 10.1. The van der Waals surface area contributed by atoms with E-state index in [0.29, 0.717) is 5.75 Å². The van der Waals surface area contributed by atoms with Crippen LogP contribution >= 0.6 is 0 Å². The van der Waals surface area contributed by atoms with E-state index in [1.165, 1.54) is 19.2 Å². The molecule has 1 aromatic rings. The molecule has 0 spiro atoms. The van der Waals surface area contributed by atoms with Gasteiger partial charge in [0.05, 0.1) is 12.7 Å². The maximum Gasteiger partial charge on any atom is 0.144 e. The van der Waals surface area contributed by atoms with E-state index in [9.17, 15) is 4.39 Å². The molecule has 0 bridgehead atoms.